The van der Waals surface area contributed by atoms with Crippen molar-refractivity contribution < 1.29 is 9.53 Å². The molecule has 1 aromatic carbocycles. The number of morpholine rings is 1. The first kappa shape index (κ1) is 20.3. The number of rotatable bonds is 7. The van der Waals surface area contributed by atoms with Crippen molar-refractivity contribution in [1.82, 2.24) is 15.1 Å². The van der Waals surface area contributed by atoms with Crippen molar-refractivity contribution in [2.75, 3.05) is 46.4 Å². The molecule has 0 aromatic heterocycles. The summed E-state index contributed by atoms with van der Waals surface area (Å²) in [6.45, 7) is 7.74. The van der Waals surface area contributed by atoms with Gasteiger partial charge >= 0.3 is 0 Å². The van der Waals surface area contributed by atoms with Crippen LogP contribution in [0.25, 0.3) is 0 Å². The fraction of sp³-hybridized carbons (Fsp3) is 0.682. The molecule has 1 aliphatic carbocycles. The Labute approximate surface area is 164 Å². The zero-order valence-corrected chi connectivity index (χ0v) is 17.0. The van der Waals surface area contributed by atoms with Gasteiger partial charge in [0.25, 0.3) is 0 Å². The van der Waals surface area contributed by atoms with E-state index in [-0.39, 0.29) is 11.4 Å². The van der Waals surface area contributed by atoms with Gasteiger partial charge in [-0.2, -0.15) is 0 Å². The summed E-state index contributed by atoms with van der Waals surface area (Å²) in [6.07, 6.45) is 6.22. The highest BCUT2D eigenvalue weighted by molar-refractivity contribution is 5.78. The Morgan fingerprint density at radius 3 is 2.59 bits per heavy atom. The SMILES string of the molecule is Cc1ccccc1CN(C)CC(=O)NCC1(N2CCOCC2)CCCCC1. The van der Waals surface area contributed by atoms with Crippen LogP contribution in [-0.2, 0) is 16.1 Å². The van der Waals surface area contributed by atoms with Crippen LogP contribution in [0, 0.1) is 6.92 Å². The number of benzene rings is 1. The Bertz CT molecular complexity index is 607. The number of hydrogen-bond acceptors (Lipinski definition) is 4. The summed E-state index contributed by atoms with van der Waals surface area (Å²) < 4.78 is 5.54. The topological polar surface area (TPSA) is 44.8 Å². The molecule has 150 valence electrons. The predicted octanol–water partition coefficient (Wildman–Crippen LogP) is 2.58. The molecule has 1 heterocycles. The van der Waals surface area contributed by atoms with Crippen LogP contribution in [0.4, 0.5) is 0 Å². The molecule has 1 aromatic rings. The first-order chi connectivity index (χ1) is 13.1. The first-order valence-electron chi connectivity index (χ1n) is 10.4. The summed E-state index contributed by atoms with van der Waals surface area (Å²) in [5, 5.41) is 3.26. The summed E-state index contributed by atoms with van der Waals surface area (Å²) >= 11 is 0. The van der Waals surface area contributed by atoms with Crippen molar-refractivity contribution in [2.24, 2.45) is 0 Å². The molecule has 0 radical (unpaired) electrons. The van der Waals surface area contributed by atoms with Gasteiger partial charge in [0.15, 0.2) is 0 Å². The lowest BCUT2D eigenvalue weighted by molar-refractivity contribution is -0.123. The molecule has 0 atom stereocenters. The molecule has 1 amide bonds. The van der Waals surface area contributed by atoms with E-state index in [1.54, 1.807) is 0 Å². The number of carbonyl (C=O) groups excluding carboxylic acids is 1. The number of nitrogens with zero attached hydrogens (tertiary/aromatic N) is 2. The minimum Gasteiger partial charge on any atom is -0.379 e. The second-order valence-corrected chi connectivity index (χ2v) is 8.26. The second kappa shape index (κ2) is 9.67. The van der Waals surface area contributed by atoms with Gasteiger partial charge in [-0.1, -0.05) is 43.5 Å². The minimum atomic E-state index is 0.129. The van der Waals surface area contributed by atoms with Crippen LogP contribution in [0.2, 0.25) is 0 Å². The molecule has 1 saturated carbocycles. The molecule has 2 aliphatic rings. The molecule has 5 nitrogen and oxygen atoms in total. The van der Waals surface area contributed by atoms with Gasteiger partial charge in [-0.15, -0.1) is 0 Å². The van der Waals surface area contributed by atoms with E-state index in [2.05, 4.69) is 46.3 Å². The number of hydrogen-bond donors (Lipinski definition) is 1. The molecule has 3 rings (SSSR count). The molecular weight excluding hydrogens is 338 g/mol. The summed E-state index contributed by atoms with van der Waals surface area (Å²) in [6, 6.07) is 8.38. The fourth-order valence-electron chi connectivity index (χ4n) is 4.55. The Hall–Kier alpha value is -1.43. The summed E-state index contributed by atoms with van der Waals surface area (Å²) in [7, 11) is 2.02. The van der Waals surface area contributed by atoms with Gasteiger partial charge in [0.05, 0.1) is 19.8 Å². The van der Waals surface area contributed by atoms with Crippen molar-refractivity contribution in [1.29, 1.82) is 0 Å². The van der Waals surface area contributed by atoms with Gasteiger partial charge in [0.1, 0.15) is 0 Å². The number of aryl methyl sites for hydroxylation is 1. The Morgan fingerprint density at radius 1 is 1.19 bits per heavy atom. The summed E-state index contributed by atoms with van der Waals surface area (Å²) in [4.78, 5) is 17.3. The maximum atomic E-state index is 12.6. The number of nitrogens with one attached hydrogen (secondary N) is 1. The first-order valence-corrected chi connectivity index (χ1v) is 10.4. The predicted molar refractivity (Wildman–Crippen MR) is 109 cm³/mol. The van der Waals surface area contributed by atoms with Crippen LogP contribution in [0.1, 0.15) is 43.2 Å². The average molecular weight is 374 g/mol. The molecule has 2 fully saturated rings. The molecule has 0 unspecified atom stereocenters. The van der Waals surface area contributed by atoms with E-state index in [9.17, 15) is 4.79 Å². The molecule has 1 N–H and O–H groups in total. The van der Waals surface area contributed by atoms with Crippen LogP contribution < -0.4 is 5.32 Å². The largest absolute Gasteiger partial charge is 0.379 e. The van der Waals surface area contributed by atoms with Gasteiger partial charge in [-0.05, 0) is 37.9 Å². The van der Waals surface area contributed by atoms with Crippen molar-refractivity contribution in [3.05, 3.63) is 35.4 Å². The number of amides is 1. The van der Waals surface area contributed by atoms with Gasteiger partial charge in [-0.25, -0.2) is 0 Å². The lowest BCUT2D eigenvalue weighted by Crippen LogP contribution is -2.60. The summed E-state index contributed by atoms with van der Waals surface area (Å²) in [5.41, 5.74) is 2.69. The zero-order chi connectivity index (χ0) is 19.1. The van der Waals surface area contributed by atoms with E-state index >= 15 is 0 Å². The standard InChI is InChI=1S/C22H35N3O2/c1-19-8-4-5-9-20(19)16-24(2)17-21(26)23-18-22(10-6-3-7-11-22)25-12-14-27-15-13-25/h4-5,8-9H,3,6-7,10-18H2,1-2H3,(H,23,26). The third-order valence-electron chi connectivity index (χ3n) is 6.20. The highest BCUT2D eigenvalue weighted by Crippen LogP contribution is 2.33. The van der Waals surface area contributed by atoms with E-state index in [1.165, 1.54) is 43.2 Å². The van der Waals surface area contributed by atoms with E-state index < -0.39 is 0 Å². The molecule has 27 heavy (non-hydrogen) atoms. The number of likely N-dealkylation sites (N-methyl/N-ethyl adjacent to an activating group) is 1. The summed E-state index contributed by atoms with van der Waals surface area (Å²) in [5.74, 6) is 0.129. The van der Waals surface area contributed by atoms with Crippen LogP contribution in [0.5, 0.6) is 0 Å². The Balaban J connectivity index is 1.52. The van der Waals surface area contributed by atoms with Gasteiger partial charge < -0.3 is 10.1 Å². The maximum absolute atomic E-state index is 12.6. The van der Waals surface area contributed by atoms with Crippen molar-refractivity contribution in [3.8, 4) is 0 Å². The molecule has 1 aliphatic heterocycles. The normalized spacial score (nSPS) is 20.6. The zero-order valence-electron chi connectivity index (χ0n) is 17.0. The van der Waals surface area contributed by atoms with E-state index in [1.807, 2.05) is 7.05 Å². The monoisotopic (exact) mass is 373 g/mol. The second-order valence-electron chi connectivity index (χ2n) is 8.26. The van der Waals surface area contributed by atoms with Crippen LogP contribution in [0.3, 0.4) is 0 Å². The number of carbonyl (C=O) groups is 1. The number of ether oxygens (including phenoxy) is 1. The van der Waals surface area contributed by atoms with Gasteiger partial charge in [0.2, 0.25) is 5.91 Å². The van der Waals surface area contributed by atoms with Crippen molar-refractivity contribution in [2.45, 2.75) is 51.1 Å². The Kier molecular flexibility index (Phi) is 7.27. The molecule has 0 bridgehead atoms. The smallest absolute Gasteiger partial charge is 0.234 e. The highest BCUT2D eigenvalue weighted by Gasteiger charge is 2.38. The lowest BCUT2D eigenvalue weighted by Gasteiger charge is -2.48. The third-order valence-corrected chi connectivity index (χ3v) is 6.20. The van der Waals surface area contributed by atoms with Crippen LogP contribution in [0.15, 0.2) is 24.3 Å². The van der Waals surface area contributed by atoms with E-state index in [4.69, 9.17) is 4.74 Å². The van der Waals surface area contributed by atoms with Gasteiger partial charge in [-0.3, -0.25) is 14.6 Å². The minimum absolute atomic E-state index is 0.129. The van der Waals surface area contributed by atoms with Crippen LogP contribution in [-0.4, -0.2) is 67.7 Å². The average Bonchev–Trinajstić information content (AvgIpc) is 2.69. The van der Waals surface area contributed by atoms with E-state index in [0.29, 0.717) is 6.54 Å². The maximum Gasteiger partial charge on any atom is 0.234 e. The third kappa shape index (κ3) is 5.53. The molecule has 0 spiro atoms. The fourth-order valence-corrected chi connectivity index (χ4v) is 4.55. The van der Waals surface area contributed by atoms with Crippen molar-refractivity contribution >= 4 is 5.91 Å². The van der Waals surface area contributed by atoms with Crippen LogP contribution >= 0.6 is 0 Å². The quantitative estimate of drug-likeness (QED) is 0.798. The lowest BCUT2D eigenvalue weighted by atomic mass is 9.79. The van der Waals surface area contributed by atoms with Crippen molar-refractivity contribution in [3.63, 3.8) is 0 Å². The van der Waals surface area contributed by atoms with E-state index in [0.717, 1.165) is 39.4 Å². The highest BCUT2D eigenvalue weighted by atomic mass is 16.5. The molecule has 1 saturated heterocycles. The van der Waals surface area contributed by atoms with Gasteiger partial charge in [0, 0.05) is 31.7 Å². The molecule has 5 heteroatoms. The Morgan fingerprint density at radius 2 is 1.89 bits per heavy atom. The molecular formula is C22H35N3O2.